The highest BCUT2D eigenvalue weighted by molar-refractivity contribution is 7.21. The van der Waals surface area contributed by atoms with Gasteiger partial charge in [0.25, 0.3) is 0 Å². The van der Waals surface area contributed by atoms with Crippen molar-refractivity contribution in [1.29, 1.82) is 0 Å². The third kappa shape index (κ3) is 3.52. The predicted molar refractivity (Wildman–Crippen MR) is 105 cm³/mol. The van der Waals surface area contributed by atoms with Gasteiger partial charge in [0.15, 0.2) is 0 Å². The summed E-state index contributed by atoms with van der Waals surface area (Å²) in [5.41, 5.74) is 1.15. The van der Waals surface area contributed by atoms with Crippen molar-refractivity contribution >= 4 is 50.9 Å². The van der Waals surface area contributed by atoms with Gasteiger partial charge in [0, 0.05) is 21.9 Å². The van der Waals surface area contributed by atoms with Gasteiger partial charge in [0.05, 0.1) is 24.4 Å². The fourth-order valence-corrected chi connectivity index (χ4v) is 3.89. The van der Waals surface area contributed by atoms with Crippen molar-refractivity contribution in [2.24, 2.45) is 4.99 Å². The second-order valence-electron chi connectivity index (χ2n) is 5.29. The summed E-state index contributed by atoms with van der Waals surface area (Å²) in [7, 11) is 1.59. The van der Waals surface area contributed by atoms with Crippen LogP contribution < -0.4 is 4.74 Å². The highest BCUT2D eigenvalue weighted by Crippen LogP contribution is 2.40. The van der Waals surface area contributed by atoms with E-state index in [1.165, 1.54) is 17.6 Å². The molecule has 26 heavy (non-hydrogen) atoms. The average Bonchev–Trinajstić information content (AvgIpc) is 2.99. The summed E-state index contributed by atoms with van der Waals surface area (Å²) < 4.78 is 10.9. The van der Waals surface area contributed by atoms with Crippen molar-refractivity contribution in [2.45, 2.75) is 6.92 Å². The molecular formula is C19H16ClNO4S. The smallest absolute Gasteiger partial charge is 0.349 e. The third-order valence-electron chi connectivity index (χ3n) is 3.69. The molecule has 134 valence electrons. The third-order valence-corrected chi connectivity index (χ3v) is 5.32. The van der Waals surface area contributed by atoms with Gasteiger partial charge in [-0.05, 0) is 43.3 Å². The van der Waals surface area contributed by atoms with E-state index in [0.29, 0.717) is 21.5 Å². The number of hydrogen-bond acceptors (Lipinski definition) is 6. The molecule has 1 aromatic heterocycles. The molecule has 0 fully saturated rings. The molecule has 7 heteroatoms. The number of thiophene rings is 1. The number of phenolic OH excluding ortho intramolecular Hbond substituents is 1. The van der Waals surface area contributed by atoms with Crippen LogP contribution in [0.15, 0.2) is 41.4 Å². The maximum atomic E-state index is 12.1. The molecule has 3 rings (SSSR count). The minimum Gasteiger partial charge on any atom is -0.507 e. The van der Waals surface area contributed by atoms with Crippen molar-refractivity contribution in [3.8, 4) is 11.5 Å². The highest BCUT2D eigenvalue weighted by atomic mass is 35.5. The van der Waals surface area contributed by atoms with Gasteiger partial charge < -0.3 is 14.6 Å². The molecule has 0 aliphatic carbocycles. The number of esters is 1. The number of methoxy groups -OCH3 is 1. The monoisotopic (exact) mass is 389 g/mol. The van der Waals surface area contributed by atoms with Gasteiger partial charge in [-0.1, -0.05) is 11.6 Å². The van der Waals surface area contributed by atoms with Crippen LogP contribution in [0, 0.1) is 0 Å². The van der Waals surface area contributed by atoms with Crippen LogP contribution in [0.3, 0.4) is 0 Å². The van der Waals surface area contributed by atoms with Crippen LogP contribution in [0.1, 0.15) is 22.2 Å². The zero-order valence-electron chi connectivity index (χ0n) is 14.2. The maximum absolute atomic E-state index is 12.1. The minimum absolute atomic E-state index is 0.0323. The molecule has 0 atom stereocenters. The van der Waals surface area contributed by atoms with Crippen molar-refractivity contribution in [3.63, 3.8) is 0 Å². The second kappa shape index (κ2) is 7.76. The first-order valence-electron chi connectivity index (χ1n) is 7.84. The predicted octanol–water partition coefficient (Wildman–Crippen LogP) is 5.20. The number of rotatable bonds is 5. The van der Waals surface area contributed by atoms with E-state index in [-0.39, 0.29) is 17.4 Å². The molecule has 5 nitrogen and oxygen atoms in total. The van der Waals surface area contributed by atoms with E-state index in [2.05, 4.69) is 4.99 Å². The number of carbonyl (C=O) groups excluding carboxylic acids is 1. The normalized spacial score (nSPS) is 11.2. The van der Waals surface area contributed by atoms with E-state index < -0.39 is 5.97 Å². The molecule has 1 heterocycles. The van der Waals surface area contributed by atoms with E-state index in [1.54, 1.807) is 50.4 Å². The van der Waals surface area contributed by atoms with Gasteiger partial charge >= 0.3 is 5.97 Å². The fourth-order valence-electron chi connectivity index (χ4n) is 2.43. The van der Waals surface area contributed by atoms with E-state index in [9.17, 15) is 9.90 Å². The SMILES string of the molecule is CCOC(=O)c1sc2ccc(O)c(/C=N/c3ccc(OC)cc3)c2c1Cl. The largest absolute Gasteiger partial charge is 0.507 e. The number of ether oxygens (including phenoxy) is 2. The molecule has 2 aromatic carbocycles. The Labute approximate surface area is 159 Å². The average molecular weight is 390 g/mol. The number of fused-ring (bicyclic) bond motifs is 1. The standard InChI is InChI=1S/C19H16ClNO4S/c1-3-25-19(23)18-17(20)16-13(14(22)8-9-15(16)26-18)10-21-11-4-6-12(24-2)7-5-11/h4-10,22H,3H2,1-2H3/b21-10+. The molecule has 0 amide bonds. The lowest BCUT2D eigenvalue weighted by atomic mass is 10.1. The zero-order valence-corrected chi connectivity index (χ0v) is 15.7. The lowest BCUT2D eigenvalue weighted by Gasteiger charge is -2.03. The summed E-state index contributed by atoms with van der Waals surface area (Å²) in [5, 5.41) is 11.1. The summed E-state index contributed by atoms with van der Waals surface area (Å²) in [6, 6.07) is 10.5. The first-order chi connectivity index (χ1) is 12.5. The topological polar surface area (TPSA) is 68.1 Å². The number of nitrogens with zero attached hydrogens (tertiary/aromatic N) is 1. The van der Waals surface area contributed by atoms with Gasteiger partial charge in [0.1, 0.15) is 16.4 Å². The molecule has 0 spiro atoms. The van der Waals surface area contributed by atoms with Crippen LogP contribution in [-0.4, -0.2) is 31.0 Å². The van der Waals surface area contributed by atoms with Gasteiger partial charge in [-0.15, -0.1) is 11.3 Å². The van der Waals surface area contributed by atoms with Crippen LogP contribution in [0.4, 0.5) is 5.69 Å². The molecule has 0 saturated carbocycles. The van der Waals surface area contributed by atoms with Crippen molar-refractivity contribution in [3.05, 3.63) is 51.9 Å². The van der Waals surface area contributed by atoms with Crippen LogP contribution in [0.25, 0.3) is 10.1 Å². The Morgan fingerprint density at radius 2 is 2.00 bits per heavy atom. The van der Waals surface area contributed by atoms with Gasteiger partial charge in [-0.3, -0.25) is 4.99 Å². The molecule has 0 aliphatic rings. The molecule has 1 N–H and O–H groups in total. The lowest BCUT2D eigenvalue weighted by Crippen LogP contribution is -2.02. The summed E-state index contributed by atoms with van der Waals surface area (Å²) in [6.45, 7) is 2.00. The summed E-state index contributed by atoms with van der Waals surface area (Å²) in [6.07, 6.45) is 1.53. The molecule has 0 aliphatic heterocycles. The second-order valence-corrected chi connectivity index (χ2v) is 6.72. The summed E-state index contributed by atoms with van der Waals surface area (Å²) in [4.78, 5) is 16.8. The first-order valence-corrected chi connectivity index (χ1v) is 9.03. The van der Waals surface area contributed by atoms with E-state index >= 15 is 0 Å². The number of phenols is 1. The Balaban J connectivity index is 2.05. The van der Waals surface area contributed by atoms with Crippen LogP contribution in [0.2, 0.25) is 5.02 Å². The Kier molecular flexibility index (Phi) is 5.44. The molecule has 0 radical (unpaired) electrons. The Hall–Kier alpha value is -2.57. The number of benzene rings is 2. The summed E-state index contributed by atoms with van der Waals surface area (Å²) in [5.74, 6) is 0.287. The van der Waals surface area contributed by atoms with Crippen LogP contribution in [0.5, 0.6) is 11.5 Å². The molecule has 3 aromatic rings. The van der Waals surface area contributed by atoms with E-state index in [0.717, 1.165) is 10.4 Å². The highest BCUT2D eigenvalue weighted by Gasteiger charge is 2.21. The van der Waals surface area contributed by atoms with Crippen molar-refractivity contribution in [1.82, 2.24) is 0 Å². The molecule has 0 saturated heterocycles. The van der Waals surface area contributed by atoms with Crippen molar-refractivity contribution in [2.75, 3.05) is 13.7 Å². The minimum atomic E-state index is -0.476. The van der Waals surface area contributed by atoms with Crippen LogP contribution >= 0.6 is 22.9 Å². The number of aromatic hydroxyl groups is 1. The fraction of sp³-hybridized carbons (Fsp3) is 0.158. The van der Waals surface area contributed by atoms with E-state index in [1.807, 2.05) is 0 Å². The summed E-state index contributed by atoms with van der Waals surface area (Å²) >= 11 is 7.63. The zero-order chi connectivity index (χ0) is 18.7. The Morgan fingerprint density at radius 3 is 2.65 bits per heavy atom. The lowest BCUT2D eigenvalue weighted by molar-refractivity contribution is 0.0532. The number of hydrogen-bond donors (Lipinski definition) is 1. The van der Waals surface area contributed by atoms with Gasteiger partial charge in [-0.2, -0.15) is 0 Å². The maximum Gasteiger partial charge on any atom is 0.349 e. The quantitative estimate of drug-likeness (QED) is 0.481. The number of aliphatic imine (C=N–C) groups is 1. The molecular weight excluding hydrogens is 374 g/mol. The molecule has 0 unspecified atom stereocenters. The Bertz CT molecular complexity index is 979. The first kappa shape index (κ1) is 18.2. The Morgan fingerprint density at radius 1 is 1.27 bits per heavy atom. The van der Waals surface area contributed by atoms with Crippen LogP contribution in [-0.2, 0) is 4.74 Å². The van der Waals surface area contributed by atoms with Gasteiger partial charge in [0.2, 0.25) is 0 Å². The van der Waals surface area contributed by atoms with Crippen molar-refractivity contribution < 1.29 is 19.4 Å². The van der Waals surface area contributed by atoms with E-state index in [4.69, 9.17) is 21.1 Å². The number of carbonyl (C=O) groups is 1. The van der Waals surface area contributed by atoms with Gasteiger partial charge in [-0.25, -0.2) is 4.79 Å². The molecule has 0 bridgehead atoms. The number of halogens is 1.